The van der Waals surface area contributed by atoms with E-state index < -0.39 is 10.0 Å². The second kappa shape index (κ2) is 7.62. The maximum Gasteiger partial charge on any atom is 0.241 e. The molecule has 0 aromatic heterocycles. The molecule has 1 aromatic carbocycles. The zero-order valence-corrected chi connectivity index (χ0v) is 12.8. The summed E-state index contributed by atoms with van der Waals surface area (Å²) in [6.07, 6.45) is 1.59. The molecule has 1 aromatic rings. The van der Waals surface area contributed by atoms with Crippen LogP contribution in [0.1, 0.15) is 39.2 Å². The van der Waals surface area contributed by atoms with Crippen molar-refractivity contribution >= 4 is 10.0 Å². The molecular weight excluding hydrogens is 260 g/mol. The summed E-state index contributed by atoms with van der Waals surface area (Å²) in [5.41, 5.74) is 0.808. The van der Waals surface area contributed by atoms with Crippen LogP contribution in [0.2, 0.25) is 0 Å². The van der Waals surface area contributed by atoms with Crippen molar-refractivity contribution in [1.29, 1.82) is 0 Å². The molecule has 0 radical (unpaired) electrons. The fourth-order valence-corrected chi connectivity index (χ4v) is 3.55. The van der Waals surface area contributed by atoms with Crippen molar-refractivity contribution in [2.75, 3.05) is 6.54 Å². The molecule has 0 fully saturated rings. The third-order valence-corrected chi connectivity index (χ3v) is 4.76. The predicted molar refractivity (Wildman–Crippen MR) is 78.5 cm³/mol. The molecule has 0 saturated heterocycles. The van der Waals surface area contributed by atoms with Gasteiger partial charge in [-0.05, 0) is 31.0 Å². The molecule has 0 bridgehead atoms. The molecule has 4 nitrogen and oxygen atoms in total. The Balaban J connectivity index is 3.00. The van der Waals surface area contributed by atoms with Crippen LogP contribution in [0.4, 0.5) is 0 Å². The number of benzene rings is 1. The highest BCUT2D eigenvalue weighted by atomic mass is 32.2. The van der Waals surface area contributed by atoms with E-state index in [-0.39, 0.29) is 6.04 Å². The molecular formula is C14H24N2O2S. The van der Waals surface area contributed by atoms with Crippen LogP contribution in [-0.4, -0.2) is 21.0 Å². The van der Waals surface area contributed by atoms with Crippen molar-refractivity contribution in [3.8, 4) is 0 Å². The van der Waals surface area contributed by atoms with Gasteiger partial charge < -0.3 is 5.32 Å². The van der Waals surface area contributed by atoms with E-state index in [4.69, 9.17) is 0 Å². The van der Waals surface area contributed by atoms with Crippen LogP contribution in [0, 0.1) is 0 Å². The third kappa shape index (κ3) is 4.60. The number of hydrogen-bond acceptors (Lipinski definition) is 3. The van der Waals surface area contributed by atoms with E-state index in [9.17, 15) is 8.42 Å². The Hall–Kier alpha value is -0.910. The van der Waals surface area contributed by atoms with Crippen LogP contribution in [-0.2, 0) is 16.6 Å². The number of sulfonamides is 1. The first-order valence-corrected chi connectivity index (χ1v) is 8.34. The minimum atomic E-state index is -3.43. The van der Waals surface area contributed by atoms with Gasteiger partial charge in [0.05, 0.1) is 4.90 Å². The van der Waals surface area contributed by atoms with Crippen molar-refractivity contribution in [3.63, 3.8) is 0 Å². The SMILES string of the molecule is CCNCc1ccccc1S(=O)(=O)NC(CC)CC. The summed E-state index contributed by atoms with van der Waals surface area (Å²) in [5, 5.41) is 3.17. The lowest BCUT2D eigenvalue weighted by Gasteiger charge is -2.17. The van der Waals surface area contributed by atoms with Gasteiger partial charge in [-0.15, -0.1) is 0 Å². The monoisotopic (exact) mass is 284 g/mol. The number of rotatable bonds is 8. The lowest BCUT2D eigenvalue weighted by atomic mass is 10.2. The summed E-state index contributed by atoms with van der Waals surface area (Å²) >= 11 is 0. The van der Waals surface area contributed by atoms with Crippen LogP contribution in [0.5, 0.6) is 0 Å². The Bertz CT molecular complexity index is 482. The van der Waals surface area contributed by atoms with Crippen molar-refractivity contribution in [2.45, 2.75) is 51.1 Å². The Morgan fingerprint density at radius 2 is 1.74 bits per heavy atom. The Morgan fingerprint density at radius 3 is 2.32 bits per heavy atom. The van der Waals surface area contributed by atoms with E-state index in [0.717, 1.165) is 24.9 Å². The highest BCUT2D eigenvalue weighted by Gasteiger charge is 2.20. The highest BCUT2D eigenvalue weighted by molar-refractivity contribution is 7.89. The van der Waals surface area contributed by atoms with E-state index in [2.05, 4.69) is 10.0 Å². The molecule has 0 amide bonds. The molecule has 108 valence electrons. The van der Waals surface area contributed by atoms with Gasteiger partial charge in [0.2, 0.25) is 10.0 Å². The second-order valence-corrected chi connectivity index (χ2v) is 6.21. The van der Waals surface area contributed by atoms with E-state index in [1.165, 1.54) is 0 Å². The van der Waals surface area contributed by atoms with Crippen molar-refractivity contribution < 1.29 is 8.42 Å². The molecule has 0 heterocycles. The van der Waals surface area contributed by atoms with Gasteiger partial charge in [0.25, 0.3) is 0 Å². The molecule has 5 heteroatoms. The topological polar surface area (TPSA) is 58.2 Å². The van der Waals surface area contributed by atoms with E-state index in [1.807, 2.05) is 32.9 Å². The lowest BCUT2D eigenvalue weighted by Crippen LogP contribution is -2.34. The minimum Gasteiger partial charge on any atom is -0.313 e. The Morgan fingerprint density at radius 1 is 1.11 bits per heavy atom. The van der Waals surface area contributed by atoms with Crippen molar-refractivity contribution in [1.82, 2.24) is 10.0 Å². The Labute approximate surface area is 116 Å². The minimum absolute atomic E-state index is 0.00260. The molecule has 0 spiro atoms. The molecule has 0 atom stereocenters. The maximum atomic E-state index is 12.4. The van der Waals surface area contributed by atoms with Gasteiger partial charge in [0.1, 0.15) is 0 Å². The average molecular weight is 284 g/mol. The van der Waals surface area contributed by atoms with Gasteiger partial charge in [-0.2, -0.15) is 0 Å². The molecule has 0 aliphatic rings. The molecule has 0 aliphatic carbocycles. The summed E-state index contributed by atoms with van der Waals surface area (Å²) in [6, 6.07) is 7.14. The van der Waals surface area contributed by atoms with E-state index in [1.54, 1.807) is 12.1 Å². The molecule has 0 aliphatic heterocycles. The summed E-state index contributed by atoms with van der Waals surface area (Å²) in [6.45, 7) is 7.35. The quantitative estimate of drug-likeness (QED) is 0.770. The van der Waals surface area contributed by atoms with Gasteiger partial charge in [-0.3, -0.25) is 0 Å². The lowest BCUT2D eigenvalue weighted by molar-refractivity contribution is 0.529. The highest BCUT2D eigenvalue weighted by Crippen LogP contribution is 2.16. The standard InChI is InChI=1S/C14H24N2O2S/c1-4-13(5-2)16-19(17,18)14-10-8-7-9-12(14)11-15-6-3/h7-10,13,15-16H,4-6,11H2,1-3H3. The molecule has 0 unspecified atom stereocenters. The first kappa shape index (κ1) is 16.1. The van der Waals surface area contributed by atoms with Crippen LogP contribution < -0.4 is 10.0 Å². The first-order valence-electron chi connectivity index (χ1n) is 6.86. The number of nitrogens with one attached hydrogen (secondary N) is 2. The number of hydrogen-bond donors (Lipinski definition) is 2. The molecule has 19 heavy (non-hydrogen) atoms. The smallest absolute Gasteiger partial charge is 0.241 e. The zero-order valence-electron chi connectivity index (χ0n) is 11.9. The largest absolute Gasteiger partial charge is 0.313 e. The maximum absolute atomic E-state index is 12.4. The van der Waals surface area contributed by atoms with Crippen LogP contribution in [0.25, 0.3) is 0 Å². The fourth-order valence-electron chi connectivity index (χ4n) is 1.91. The summed E-state index contributed by atoms with van der Waals surface area (Å²) in [5.74, 6) is 0. The van der Waals surface area contributed by atoms with E-state index in [0.29, 0.717) is 11.4 Å². The first-order chi connectivity index (χ1) is 9.05. The predicted octanol–water partition coefficient (Wildman–Crippen LogP) is 2.26. The third-order valence-electron chi connectivity index (χ3n) is 3.13. The fraction of sp³-hybridized carbons (Fsp3) is 0.571. The average Bonchev–Trinajstić information content (AvgIpc) is 2.42. The molecule has 1 rings (SSSR count). The van der Waals surface area contributed by atoms with Gasteiger partial charge in [0.15, 0.2) is 0 Å². The van der Waals surface area contributed by atoms with Gasteiger partial charge in [-0.25, -0.2) is 13.1 Å². The van der Waals surface area contributed by atoms with Crippen LogP contribution in [0.3, 0.4) is 0 Å². The van der Waals surface area contributed by atoms with Gasteiger partial charge in [0, 0.05) is 12.6 Å². The Kier molecular flexibility index (Phi) is 6.48. The molecule has 2 N–H and O–H groups in total. The summed E-state index contributed by atoms with van der Waals surface area (Å²) < 4.78 is 27.6. The summed E-state index contributed by atoms with van der Waals surface area (Å²) in [4.78, 5) is 0.378. The van der Waals surface area contributed by atoms with Crippen LogP contribution in [0.15, 0.2) is 29.2 Å². The van der Waals surface area contributed by atoms with Crippen molar-refractivity contribution in [3.05, 3.63) is 29.8 Å². The summed E-state index contributed by atoms with van der Waals surface area (Å²) in [7, 11) is -3.43. The normalized spacial score (nSPS) is 12.0. The molecule has 0 saturated carbocycles. The van der Waals surface area contributed by atoms with Crippen molar-refractivity contribution in [2.24, 2.45) is 0 Å². The van der Waals surface area contributed by atoms with Gasteiger partial charge >= 0.3 is 0 Å². The van der Waals surface area contributed by atoms with Gasteiger partial charge in [-0.1, -0.05) is 39.0 Å². The van der Waals surface area contributed by atoms with E-state index >= 15 is 0 Å². The second-order valence-electron chi connectivity index (χ2n) is 4.52. The zero-order chi connectivity index (χ0) is 14.3. The van der Waals surface area contributed by atoms with Crippen LogP contribution >= 0.6 is 0 Å².